The zero-order valence-electron chi connectivity index (χ0n) is 15.4. The molecule has 0 bridgehead atoms. The van der Waals surface area contributed by atoms with E-state index in [4.69, 9.17) is 4.74 Å². The Balaban J connectivity index is 1.39. The molecule has 2 atom stereocenters. The lowest BCUT2D eigenvalue weighted by Gasteiger charge is -2.54. The topological polar surface area (TPSA) is 74.7 Å². The first-order valence-electron chi connectivity index (χ1n) is 9.75. The predicted molar refractivity (Wildman–Crippen MR) is 99.8 cm³/mol. The lowest BCUT2D eigenvalue weighted by Crippen LogP contribution is -2.69. The van der Waals surface area contributed by atoms with E-state index in [9.17, 15) is 9.90 Å². The highest BCUT2D eigenvalue weighted by atomic mass is 32.1. The molecule has 26 heavy (non-hydrogen) atoms. The standard InChI is InChI=1S/C19H29N3O3S/c1-18(21-16(23)14-3-2-4-14)7-10-25-19(17(18)24)5-8-22(9-6-19)12-15-11-20-13-26-15/h11,13-14,17,24H,2-10,12H2,1H3,(H,21,23)/t17-,18+/m1/s1. The van der Waals surface area contributed by atoms with Gasteiger partial charge in [-0.3, -0.25) is 14.7 Å². The van der Waals surface area contributed by atoms with Gasteiger partial charge >= 0.3 is 0 Å². The largest absolute Gasteiger partial charge is 0.388 e. The average molecular weight is 380 g/mol. The molecule has 1 aliphatic carbocycles. The molecule has 144 valence electrons. The number of rotatable bonds is 4. The van der Waals surface area contributed by atoms with Crippen molar-refractivity contribution in [2.45, 2.75) is 69.2 Å². The van der Waals surface area contributed by atoms with E-state index in [0.717, 1.165) is 51.7 Å². The summed E-state index contributed by atoms with van der Waals surface area (Å²) in [5.74, 6) is 0.247. The molecule has 1 aromatic rings. The van der Waals surface area contributed by atoms with E-state index < -0.39 is 17.2 Å². The Morgan fingerprint density at radius 2 is 2.19 bits per heavy atom. The highest BCUT2D eigenvalue weighted by Crippen LogP contribution is 2.40. The molecule has 0 radical (unpaired) electrons. The quantitative estimate of drug-likeness (QED) is 0.836. The van der Waals surface area contributed by atoms with E-state index in [1.54, 1.807) is 11.3 Å². The number of aliphatic hydroxyl groups is 1. The molecule has 0 unspecified atom stereocenters. The monoisotopic (exact) mass is 379 g/mol. The van der Waals surface area contributed by atoms with Crippen molar-refractivity contribution in [1.29, 1.82) is 0 Å². The van der Waals surface area contributed by atoms with Crippen molar-refractivity contribution in [2.75, 3.05) is 19.7 Å². The zero-order valence-corrected chi connectivity index (χ0v) is 16.3. The van der Waals surface area contributed by atoms with Crippen molar-refractivity contribution >= 4 is 17.2 Å². The van der Waals surface area contributed by atoms with Gasteiger partial charge in [-0.25, -0.2) is 0 Å². The van der Waals surface area contributed by atoms with Crippen molar-refractivity contribution in [1.82, 2.24) is 15.2 Å². The second-order valence-electron chi connectivity index (χ2n) is 8.34. The number of amides is 1. The summed E-state index contributed by atoms with van der Waals surface area (Å²) in [5.41, 5.74) is 0.736. The van der Waals surface area contributed by atoms with Crippen molar-refractivity contribution < 1.29 is 14.6 Å². The Hall–Kier alpha value is -1.02. The van der Waals surface area contributed by atoms with Gasteiger partial charge in [0.05, 0.1) is 16.7 Å². The molecule has 2 saturated heterocycles. The average Bonchev–Trinajstić information content (AvgIpc) is 3.06. The number of aliphatic hydroxyl groups excluding tert-OH is 1. The molecule has 4 rings (SSSR count). The molecule has 3 aliphatic rings. The van der Waals surface area contributed by atoms with Gasteiger partial charge < -0.3 is 15.2 Å². The molecule has 3 fully saturated rings. The number of hydrogen-bond acceptors (Lipinski definition) is 6. The van der Waals surface area contributed by atoms with Gasteiger partial charge in [-0.1, -0.05) is 6.42 Å². The lowest BCUT2D eigenvalue weighted by molar-refractivity contribution is -0.208. The Morgan fingerprint density at radius 3 is 2.81 bits per heavy atom. The SMILES string of the molecule is C[C@]1(NC(=O)C2CCC2)CCOC2(CCN(Cc3cncs3)CC2)[C@@H]1O. The van der Waals surface area contributed by atoms with E-state index >= 15 is 0 Å². The minimum Gasteiger partial charge on any atom is -0.388 e. The highest BCUT2D eigenvalue weighted by molar-refractivity contribution is 7.09. The Kier molecular flexibility index (Phi) is 5.07. The van der Waals surface area contributed by atoms with Gasteiger partial charge in [-0.2, -0.15) is 0 Å². The third-order valence-corrected chi connectivity index (χ3v) is 7.33. The van der Waals surface area contributed by atoms with Gasteiger partial charge in [-0.15, -0.1) is 11.3 Å². The molecule has 1 spiro atoms. The number of likely N-dealkylation sites (tertiary alicyclic amines) is 1. The summed E-state index contributed by atoms with van der Waals surface area (Å²) in [6.45, 7) is 5.27. The summed E-state index contributed by atoms with van der Waals surface area (Å²) in [5, 5.41) is 14.4. The molecule has 2 aliphatic heterocycles. The normalized spacial score (nSPS) is 32.3. The fourth-order valence-corrected chi connectivity index (χ4v) is 5.13. The smallest absolute Gasteiger partial charge is 0.223 e. The number of ether oxygens (including phenoxy) is 1. The van der Waals surface area contributed by atoms with Crippen molar-refractivity contribution in [3.63, 3.8) is 0 Å². The molecule has 0 aromatic carbocycles. The number of carbonyl (C=O) groups is 1. The highest BCUT2D eigenvalue weighted by Gasteiger charge is 2.54. The zero-order chi connectivity index (χ0) is 18.2. The number of nitrogens with zero attached hydrogens (tertiary/aromatic N) is 2. The number of hydrogen-bond donors (Lipinski definition) is 2. The van der Waals surface area contributed by atoms with Gasteiger partial charge in [0.1, 0.15) is 6.10 Å². The molecule has 2 N–H and O–H groups in total. The third kappa shape index (κ3) is 3.42. The Morgan fingerprint density at radius 1 is 1.42 bits per heavy atom. The first-order chi connectivity index (χ1) is 12.5. The number of carbonyl (C=O) groups excluding carboxylic acids is 1. The summed E-state index contributed by atoms with van der Waals surface area (Å²) >= 11 is 1.68. The number of thiazole rings is 1. The fraction of sp³-hybridized carbons (Fsp3) is 0.789. The van der Waals surface area contributed by atoms with Gasteiger partial charge in [0, 0.05) is 43.2 Å². The van der Waals surface area contributed by atoms with Gasteiger partial charge in [0.2, 0.25) is 5.91 Å². The van der Waals surface area contributed by atoms with Crippen LogP contribution >= 0.6 is 11.3 Å². The third-order valence-electron chi connectivity index (χ3n) is 6.56. The maximum atomic E-state index is 12.5. The van der Waals surface area contributed by atoms with Crippen LogP contribution in [0.5, 0.6) is 0 Å². The molecular formula is C19H29N3O3S. The van der Waals surface area contributed by atoms with Gasteiger partial charge in [0.15, 0.2) is 0 Å². The predicted octanol–water partition coefficient (Wildman–Crippen LogP) is 1.93. The summed E-state index contributed by atoms with van der Waals surface area (Å²) < 4.78 is 6.14. The fourth-order valence-electron chi connectivity index (χ4n) is 4.50. The van der Waals surface area contributed by atoms with E-state index in [0.29, 0.717) is 13.0 Å². The van der Waals surface area contributed by atoms with Crippen molar-refractivity contribution in [2.24, 2.45) is 5.92 Å². The number of aromatic nitrogens is 1. The van der Waals surface area contributed by atoms with Gasteiger partial charge in [0.25, 0.3) is 0 Å². The van der Waals surface area contributed by atoms with Crippen LogP contribution < -0.4 is 5.32 Å². The Labute approximate surface area is 158 Å². The summed E-state index contributed by atoms with van der Waals surface area (Å²) in [6, 6.07) is 0. The van der Waals surface area contributed by atoms with E-state index in [2.05, 4.69) is 15.2 Å². The van der Waals surface area contributed by atoms with Gasteiger partial charge in [-0.05, 0) is 39.0 Å². The molecule has 6 nitrogen and oxygen atoms in total. The summed E-state index contributed by atoms with van der Waals surface area (Å²) in [7, 11) is 0. The van der Waals surface area contributed by atoms with Crippen molar-refractivity contribution in [3.05, 3.63) is 16.6 Å². The van der Waals surface area contributed by atoms with E-state index in [1.165, 1.54) is 4.88 Å². The lowest BCUT2D eigenvalue weighted by atomic mass is 9.72. The maximum absolute atomic E-state index is 12.5. The van der Waals surface area contributed by atoms with Crippen LogP contribution in [0, 0.1) is 5.92 Å². The number of nitrogens with one attached hydrogen (secondary N) is 1. The second-order valence-corrected chi connectivity index (χ2v) is 9.32. The van der Waals surface area contributed by atoms with Crippen LogP contribution in [0.4, 0.5) is 0 Å². The van der Waals surface area contributed by atoms with E-state index in [-0.39, 0.29) is 11.8 Å². The molecular weight excluding hydrogens is 350 g/mol. The summed E-state index contributed by atoms with van der Waals surface area (Å²) in [4.78, 5) is 20.3. The minimum absolute atomic E-state index is 0.109. The summed E-state index contributed by atoms with van der Waals surface area (Å²) in [6.07, 6.45) is 6.60. The van der Waals surface area contributed by atoms with E-state index in [1.807, 2.05) is 18.6 Å². The maximum Gasteiger partial charge on any atom is 0.223 e. The van der Waals surface area contributed by atoms with Crippen LogP contribution in [0.15, 0.2) is 11.7 Å². The second kappa shape index (κ2) is 7.19. The van der Waals surface area contributed by atoms with Crippen LogP contribution in [0.2, 0.25) is 0 Å². The van der Waals surface area contributed by atoms with Crippen LogP contribution in [-0.2, 0) is 16.1 Å². The molecule has 1 aromatic heterocycles. The van der Waals surface area contributed by atoms with Crippen molar-refractivity contribution in [3.8, 4) is 0 Å². The first-order valence-corrected chi connectivity index (χ1v) is 10.6. The molecule has 3 heterocycles. The Bertz CT molecular complexity index is 626. The molecule has 1 saturated carbocycles. The molecule has 7 heteroatoms. The number of piperidine rings is 1. The van der Waals surface area contributed by atoms with Crippen LogP contribution in [0.25, 0.3) is 0 Å². The molecule has 1 amide bonds. The van der Waals surface area contributed by atoms with Crippen LogP contribution in [0.3, 0.4) is 0 Å². The first kappa shape index (κ1) is 18.3. The van der Waals surface area contributed by atoms with Crippen LogP contribution in [-0.4, -0.2) is 57.8 Å². The minimum atomic E-state index is -0.668. The van der Waals surface area contributed by atoms with Crippen LogP contribution in [0.1, 0.15) is 50.3 Å².